The lowest BCUT2D eigenvalue weighted by Gasteiger charge is -2.26. The van der Waals surface area contributed by atoms with E-state index in [1.165, 1.54) is 4.90 Å². The van der Waals surface area contributed by atoms with Gasteiger partial charge in [0.05, 0.1) is 25.3 Å². The van der Waals surface area contributed by atoms with Crippen LogP contribution >= 0.6 is 0 Å². The average Bonchev–Trinajstić information content (AvgIpc) is 3.17. The minimum absolute atomic E-state index is 0.0693. The number of likely N-dealkylation sites (tertiary alicyclic amines) is 1. The summed E-state index contributed by atoms with van der Waals surface area (Å²) in [6, 6.07) is 23.3. The Bertz CT molecular complexity index is 1270. The average molecular weight is 500 g/mol. The molecule has 1 aliphatic heterocycles. The maximum Gasteiger partial charge on any atom is 0.295 e. The molecule has 1 atom stereocenters. The number of hydrogen-bond donors (Lipinski definition) is 1. The molecule has 0 radical (unpaired) electrons. The summed E-state index contributed by atoms with van der Waals surface area (Å²) in [4.78, 5) is 28.1. The molecule has 0 saturated carbocycles. The number of aliphatic hydroxyl groups excluding tert-OH is 1. The van der Waals surface area contributed by atoms with Crippen molar-refractivity contribution in [3.63, 3.8) is 0 Å². The number of amides is 1. The van der Waals surface area contributed by atoms with E-state index in [9.17, 15) is 14.7 Å². The lowest BCUT2D eigenvalue weighted by molar-refractivity contribution is -0.139. The van der Waals surface area contributed by atoms with Gasteiger partial charge in [0.1, 0.15) is 5.76 Å². The molecule has 1 fully saturated rings. The molecule has 3 aromatic rings. The largest absolute Gasteiger partial charge is 0.507 e. The summed E-state index contributed by atoms with van der Waals surface area (Å²) in [7, 11) is 1.56. The summed E-state index contributed by atoms with van der Waals surface area (Å²) < 4.78 is 11.6. The third kappa shape index (κ3) is 5.85. The third-order valence-electron chi connectivity index (χ3n) is 6.53. The molecular weight excluding hydrogens is 466 g/mol. The second kappa shape index (κ2) is 11.8. The van der Waals surface area contributed by atoms with Crippen molar-refractivity contribution in [1.29, 1.82) is 0 Å². The van der Waals surface area contributed by atoms with E-state index in [4.69, 9.17) is 9.47 Å². The zero-order chi connectivity index (χ0) is 26.4. The Kier molecular flexibility index (Phi) is 8.29. The van der Waals surface area contributed by atoms with E-state index in [0.29, 0.717) is 48.1 Å². The van der Waals surface area contributed by atoms with Gasteiger partial charge in [0.25, 0.3) is 11.7 Å². The van der Waals surface area contributed by atoms with E-state index in [-0.39, 0.29) is 11.3 Å². The van der Waals surface area contributed by atoms with Crippen molar-refractivity contribution in [2.24, 2.45) is 5.92 Å². The second-order valence-electron chi connectivity index (χ2n) is 9.54. The number of carbonyl (C=O) groups is 2. The van der Waals surface area contributed by atoms with Crippen LogP contribution in [0.2, 0.25) is 0 Å². The van der Waals surface area contributed by atoms with Crippen molar-refractivity contribution in [2.45, 2.75) is 32.7 Å². The first-order valence-electron chi connectivity index (χ1n) is 12.6. The summed E-state index contributed by atoms with van der Waals surface area (Å²) in [6.45, 7) is 5.14. The van der Waals surface area contributed by atoms with Crippen molar-refractivity contribution in [3.05, 3.63) is 101 Å². The molecule has 0 spiro atoms. The zero-order valence-electron chi connectivity index (χ0n) is 21.5. The summed E-state index contributed by atoms with van der Waals surface area (Å²) in [5, 5.41) is 11.2. The van der Waals surface area contributed by atoms with E-state index < -0.39 is 17.7 Å². The Morgan fingerprint density at radius 3 is 2.27 bits per heavy atom. The molecular formula is C31H33NO5. The highest BCUT2D eigenvalue weighted by molar-refractivity contribution is 6.46. The van der Waals surface area contributed by atoms with E-state index >= 15 is 0 Å². The molecule has 1 N–H and O–H groups in total. The van der Waals surface area contributed by atoms with Crippen LogP contribution in [-0.4, -0.2) is 42.0 Å². The van der Waals surface area contributed by atoms with Crippen molar-refractivity contribution in [2.75, 3.05) is 20.3 Å². The van der Waals surface area contributed by atoms with Gasteiger partial charge in [-0.2, -0.15) is 0 Å². The number of Topliss-reactive ketones (excluding diaryl/α,β-unsaturated/α-hetero) is 1. The number of ether oxygens (including phenoxy) is 2. The smallest absolute Gasteiger partial charge is 0.295 e. The molecule has 1 aliphatic rings. The highest BCUT2D eigenvalue weighted by Crippen LogP contribution is 2.42. The molecule has 1 amide bonds. The number of aliphatic hydroxyl groups is 1. The maximum absolute atomic E-state index is 13.3. The zero-order valence-corrected chi connectivity index (χ0v) is 21.5. The molecule has 4 rings (SSSR count). The van der Waals surface area contributed by atoms with Crippen LogP contribution in [0.4, 0.5) is 0 Å². The number of benzene rings is 3. The molecule has 6 heteroatoms. The molecule has 3 aromatic carbocycles. The Labute approximate surface area is 218 Å². The van der Waals surface area contributed by atoms with Gasteiger partial charge in [0.2, 0.25) is 0 Å². The minimum Gasteiger partial charge on any atom is -0.507 e. The molecule has 1 saturated heterocycles. The molecule has 0 aromatic heterocycles. The Balaban J connectivity index is 1.75. The van der Waals surface area contributed by atoms with Crippen LogP contribution in [-0.2, 0) is 16.0 Å². The molecule has 0 aliphatic carbocycles. The second-order valence-corrected chi connectivity index (χ2v) is 9.54. The van der Waals surface area contributed by atoms with Crippen LogP contribution in [0.15, 0.2) is 84.4 Å². The van der Waals surface area contributed by atoms with Gasteiger partial charge in [-0.3, -0.25) is 9.59 Å². The third-order valence-corrected chi connectivity index (χ3v) is 6.53. The minimum atomic E-state index is -0.762. The van der Waals surface area contributed by atoms with Gasteiger partial charge in [-0.15, -0.1) is 0 Å². The fourth-order valence-electron chi connectivity index (χ4n) is 4.48. The number of methoxy groups -OCH3 is 1. The van der Waals surface area contributed by atoms with Gasteiger partial charge in [-0.1, -0.05) is 80.6 Å². The Hall–Kier alpha value is -4.06. The molecule has 6 nitrogen and oxygen atoms in total. The van der Waals surface area contributed by atoms with Crippen molar-refractivity contribution in [3.8, 4) is 11.5 Å². The monoisotopic (exact) mass is 499 g/mol. The predicted molar refractivity (Wildman–Crippen MR) is 144 cm³/mol. The summed E-state index contributed by atoms with van der Waals surface area (Å²) in [6.07, 6.45) is 1.48. The van der Waals surface area contributed by atoms with Gasteiger partial charge in [-0.25, -0.2) is 0 Å². The van der Waals surface area contributed by atoms with Crippen LogP contribution in [0, 0.1) is 5.92 Å². The number of rotatable bonds is 10. The van der Waals surface area contributed by atoms with Crippen molar-refractivity contribution >= 4 is 17.4 Å². The van der Waals surface area contributed by atoms with Gasteiger partial charge >= 0.3 is 0 Å². The van der Waals surface area contributed by atoms with E-state index in [1.807, 2.05) is 42.5 Å². The van der Waals surface area contributed by atoms with Crippen LogP contribution in [0.25, 0.3) is 5.76 Å². The fourth-order valence-corrected chi connectivity index (χ4v) is 4.48. The number of hydrogen-bond acceptors (Lipinski definition) is 5. The first-order valence-corrected chi connectivity index (χ1v) is 12.6. The lowest BCUT2D eigenvalue weighted by Crippen LogP contribution is -2.31. The Morgan fingerprint density at radius 2 is 1.62 bits per heavy atom. The first-order chi connectivity index (χ1) is 17.9. The van der Waals surface area contributed by atoms with Crippen LogP contribution in [0.1, 0.15) is 43.0 Å². The number of carbonyl (C=O) groups excluding carboxylic acids is 2. The first kappa shape index (κ1) is 26.0. The molecule has 1 heterocycles. The summed E-state index contributed by atoms with van der Waals surface area (Å²) in [5.74, 6) is 0.0890. The van der Waals surface area contributed by atoms with E-state index in [1.54, 1.807) is 43.5 Å². The molecule has 37 heavy (non-hydrogen) atoms. The quantitative estimate of drug-likeness (QED) is 0.217. The van der Waals surface area contributed by atoms with Gasteiger partial charge in [0.15, 0.2) is 11.5 Å². The normalized spacial score (nSPS) is 16.9. The lowest BCUT2D eigenvalue weighted by atomic mass is 9.95. The topological polar surface area (TPSA) is 76.1 Å². The van der Waals surface area contributed by atoms with Gasteiger partial charge in [-0.05, 0) is 42.0 Å². The molecule has 0 bridgehead atoms. The number of ketones is 1. The fraction of sp³-hybridized carbons (Fsp3) is 0.290. The number of nitrogens with zero attached hydrogens (tertiary/aromatic N) is 1. The van der Waals surface area contributed by atoms with Crippen LogP contribution in [0.5, 0.6) is 11.5 Å². The highest BCUT2D eigenvalue weighted by Gasteiger charge is 2.46. The Morgan fingerprint density at radius 1 is 0.946 bits per heavy atom. The van der Waals surface area contributed by atoms with E-state index in [2.05, 4.69) is 13.8 Å². The highest BCUT2D eigenvalue weighted by atomic mass is 16.5. The maximum atomic E-state index is 13.3. The molecule has 1 unspecified atom stereocenters. The van der Waals surface area contributed by atoms with Crippen LogP contribution < -0.4 is 9.47 Å². The van der Waals surface area contributed by atoms with Crippen molar-refractivity contribution in [1.82, 2.24) is 4.90 Å². The standard InChI is InChI=1S/C31H33NO5/c1-21(2)17-19-37-25-15-14-24(20-26(25)36-3)28-27(29(33)23-12-8-5-9-13-23)30(34)31(35)32(28)18-16-22-10-6-4-7-11-22/h4-15,20-21,28,33H,16-19H2,1-3H3. The van der Waals surface area contributed by atoms with Gasteiger partial charge < -0.3 is 19.5 Å². The SMILES string of the molecule is COc1cc(C2C(=C(O)c3ccccc3)C(=O)C(=O)N2CCc2ccccc2)ccc1OCCC(C)C. The molecule has 192 valence electrons. The predicted octanol–water partition coefficient (Wildman–Crippen LogP) is 5.78. The summed E-state index contributed by atoms with van der Waals surface area (Å²) in [5.41, 5.74) is 2.27. The van der Waals surface area contributed by atoms with Crippen LogP contribution in [0.3, 0.4) is 0 Å². The van der Waals surface area contributed by atoms with E-state index in [0.717, 1.165) is 12.0 Å². The van der Waals surface area contributed by atoms with Crippen molar-refractivity contribution < 1.29 is 24.2 Å². The summed E-state index contributed by atoms with van der Waals surface area (Å²) >= 11 is 0. The van der Waals surface area contributed by atoms with Gasteiger partial charge in [0, 0.05) is 12.1 Å².